The molecular weight excluding hydrogens is 120 g/mol. The van der Waals surface area contributed by atoms with E-state index in [0.29, 0.717) is 0 Å². The van der Waals surface area contributed by atoms with Crippen LogP contribution >= 0.6 is 0 Å². The maximum Gasteiger partial charge on any atom is -0.0277 e. The topological polar surface area (TPSA) is 0 Å². The van der Waals surface area contributed by atoms with Crippen molar-refractivity contribution in [2.75, 3.05) is 0 Å². The van der Waals surface area contributed by atoms with Gasteiger partial charge in [-0.05, 0) is 43.8 Å². The Morgan fingerprint density at radius 1 is 1.60 bits per heavy atom. The first-order valence-corrected chi connectivity index (χ1v) is 4.23. The predicted octanol–water partition coefficient (Wildman–Crippen LogP) is 3.45. The summed E-state index contributed by atoms with van der Waals surface area (Å²) in [5.41, 5.74) is 3.16. The summed E-state index contributed by atoms with van der Waals surface area (Å²) in [6.45, 7) is 4.38. The molecule has 1 aliphatic carbocycles. The van der Waals surface area contributed by atoms with Gasteiger partial charge in [-0.2, -0.15) is 0 Å². The summed E-state index contributed by atoms with van der Waals surface area (Å²) in [5.74, 6) is 0. The van der Waals surface area contributed by atoms with Crippen LogP contribution in [0.2, 0.25) is 0 Å². The van der Waals surface area contributed by atoms with Crippen LogP contribution in [0.4, 0.5) is 0 Å². The lowest BCUT2D eigenvalue weighted by molar-refractivity contribution is 0.784. The lowest BCUT2D eigenvalue weighted by atomic mass is 9.92. The average Bonchev–Trinajstić information content (AvgIpc) is 2.04. The van der Waals surface area contributed by atoms with Crippen LogP contribution in [0.15, 0.2) is 23.3 Å². The highest BCUT2D eigenvalue weighted by Crippen LogP contribution is 2.25. The number of hydrogen-bond acceptors (Lipinski definition) is 0. The van der Waals surface area contributed by atoms with E-state index in [1.807, 2.05) is 0 Å². The molecule has 0 saturated heterocycles. The van der Waals surface area contributed by atoms with Crippen molar-refractivity contribution in [1.82, 2.24) is 0 Å². The van der Waals surface area contributed by atoms with Gasteiger partial charge in [-0.25, -0.2) is 0 Å². The van der Waals surface area contributed by atoms with Crippen molar-refractivity contribution in [2.45, 2.75) is 39.5 Å². The maximum absolute atomic E-state index is 2.39. The van der Waals surface area contributed by atoms with E-state index in [1.54, 1.807) is 11.1 Å². The quantitative estimate of drug-likeness (QED) is 0.518. The minimum absolute atomic E-state index is 1.21. The summed E-state index contributed by atoms with van der Waals surface area (Å²) in [6, 6.07) is 0. The number of hydrogen-bond donors (Lipinski definition) is 0. The van der Waals surface area contributed by atoms with Crippen LogP contribution in [0, 0.1) is 0 Å². The van der Waals surface area contributed by atoms with E-state index in [1.165, 1.54) is 25.7 Å². The van der Waals surface area contributed by atoms with Crippen molar-refractivity contribution in [1.29, 1.82) is 0 Å². The van der Waals surface area contributed by atoms with Crippen molar-refractivity contribution >= 4 is 0 Å². The fourth-order valence-corrected chi connectivity index (χ4v) is 1.56. The van der Waals surface area contributed by atoms with Gasteiger partial charge in [-0.3, -0.25) is 0 Å². The standard InChI is InChI=1S/C10H16/c1-3-9-7-5-6-8-10(9)4-2/h3,8H,4-7H2,1-2H3/b9-3-. The fraction of sp³-hybridized carbons (Fsp3) is 0.600. The molecule has 56 valence electrons. The molecule has 0 saturated carbocycles. The molecule has 1 rings (SSSR count). The van der Waals surface area contributed by atoms with E-state index in [2.05, 4.69) is 26.0 Å². The third kappa shape index (κ3) is 1.50. The van der Waals surface area contributed by atoms with E-state index >= 15 is 0 Å². The monoisotopic (exact) mass is 136 g/mol. The lowest BCUT2D eigenvalue weighted by Crippen LogP contribution is -1.94. The van der Waals surface area contributed by atoms with E-state index in [9.17, 15) is 0 Å². The smallest absolute Gasteiger partial charge is 0.0277 e. The van der Waals surface area contributed by atoms with Gasteiger partial charge >= 0.3 is 0 Å². The van der Waals surface area contributed by atoms with E-state index in [4.69, 9.17) is 0 Å². The molecule has 0 aromatic heterocycles. The molecule has 0 heteroatoms. The molecular formula is C10H16. The zero-order valence-corrected chi connectivity index (χ0v) is 6.98. The van der Waals surface area contributed by atoms with E-state index in [0.717, 1.165) is 0 Å². The highest BCUT2D eigenvalue weighted by atomic mass is 14.1. The van der Waals surface area contributed by atoms with Gasteiger partial charge in [0.25, 0.3) is 0 Å². The highest BCUT2D eigenvalue weighted by molar-refractivity contribution is 5.32. The molecule has 0 radical (unpaired) electrons. The molecule has 0 aromatic rings. The van der Waals surface area contributed by atoms with Crippen molar-refractivity contribution in [3.8, 4) is 0 Å². The SMILES string of the molecule is C/C=C1/CCCC=C1CC. The summed E-state index contributed by atoms with van der Waals surface area (Å²) >= 11 is 0. The van der Waals surface area contributed by atoms with Crippen LogP contribution in [-0.2, 0) is 0 Å². The molecule has 0 fully saturated rings. The van der Waals surface area contributed by atoms with Crippen LogP contribution < -0.4 is 0 Å². The number of allylic oxidation sites excluding steroid dienone is 4. The van der Waals surface area contributed by atoms with Gasteiger partial charge < -0.3 is 0 Å². The summed E-state index contributed by atoms with van der Waals surface area (Å²) in [6.07, 6.45) is 9.80. The highest BCUT2D eigenvalue weighted by Gasteiger charge is 2.05. The van der Waals surface area contributed by atoms with Crippen molar-refractivity contribution in [2.24, 2.45) is 0 Å². The van der Waals surface area contributed by atoms with Gasteiger partial charge in [0.15, 0.2) is 0 Å². The maximum atomic E-state index is 2.39. The van der Waals surface area contributed by atoms with Crippen LogP contribution in [0.5, 0.6) is 0 Å². The van der Waals surface area contributed by atoms with Crippen molar-refractivity contribution in [3.63, 3.8) is 0 Å². The third-order valence-corrected chi connectivity index (χ3v) is 2.18. The summed E-state index contributed by atoms with van der Waals surface area (Å²) in [7, 11) is 0. The second-order valence-corrected chi connectivity index (χ2v) is 2.79. The van der Waals surface area contributed by atoms with Crippen molar-refractivity contribution < 1.29 is 0 Å². The Morgan fingerprint density at radius 2 is 2.40 bits per heavy atom. The Balaban J connectivity index is 2.72. The second kappa shape index (κ2) is 3.60. The zero-order chi connectivity index (χ0) is 7.40. The molecule has 0 amide bonds. The van der Waals surface area contributed by atoms with Gasteiger partial charge in [-0.1, -0.05) is 19.1 Å². The molecule has 0 heterocycles. The summed E-state index contributed by atoms with van der Waals surface area (Å²) in [5, 5.41) is 0. The number of rotatable bonds is 1. The Morgan fingerprint density at radius 3 is 2.90 bits per heavy atom. The zero-order valence-electron chi connectivity index (χ0n) is 6.98. The largest absolute Gasteiger partial charge is 0.0842 e. The molecule has 1 aliphatic rings. The van der Waals surface area contributed by atoms with Gasteiger partial charge in [0.2, 0.25) is 0 Å². The Bertz CT molecular complexity index is 161. The predicted molar refractivity (Wildman–Crippen MR) is 46.0 cm³/mol. The summed E-state index contributed by atoms with van der Waals surface area (Å²) in [4.78, 5) is 0. The van der Waals surface area contributed by atoms with Crippen LogP contribution in [0.25, 0.3) is 0 Å². The molecule has 0 nitrogen and oxygen atoms in total. The molecule has 0 aliphatic heterocycles. The van der Waals surface area contributed by atoms with Gasteiger partial charge in [-0.15, -0.1) is 0 Å². The first-order chi connectivity index (χ1) is 4.88. The molecule has 0 unspecified atom stereocenters. The molecule has 0 N–H and O–H groups in total. The summed E-state index contributed by atoms with van der Waals surface area (Å²) < 4.78 is 0. The lowest BCUT2D eigenvalue weighted by Gasteiger charge is -2.14. The fourth-order valence-electron chi connectivity index (χ4n) is 1.56. The molecule has 10 heavy (non-hydrogen) atoms. The second-order valence-electron chi connectivity index (χ2n) is 2.79. The van der Waals surface area contributed by atoms with Gasteiger partial charge in [0, 0.05) is 0 Å². The van der Waals surface area contributed by atoms with Gasteiger partial charge in [0.1, 0.15) is 0 Å². The first-order valence-electron chi connectivity index (χ1n) is 4.23. The Hall–Kier alpha value is -0.520. The van der Waals surface area contributed by atoms with Crippen molar-refractivity contribution in [3.05, 3.63) is 23.3 Å². The minimum Gasteiger partial charge on any atom is -0.0842 e. The Kier molecular flexibility index (Phi) is 2.73. The van der Waals surface area contributed by atoms with Crippen LogP contribution in [0.3, 0.4) is 0 Å². The van der Waals surface area contributed by atoms with E-state index in [-0.39, 0.29) is 0 Å². The minimum atomic E-state index is 1.21. The van der Waals surface area contributed by atoms with E-state index < -0.39 is 0 Å². The normalized spacial score (nSPS) is 23.0. The molecule has 0 atom stereocenters. The molecule has 0 aromatic carbocycles. The average molecular weight is 136 g/mol. The Labute approximate surface area is 63.6 Å². The van der Waals surface area contributed by atoms with Gasteiger partial charge in [0.05, 0.1) is 0 Å². The van der Waals surface area contributed by atoms with Crippen LogP contribution in [0.1, 0.15) is 39.5 Å². The molecule has 0 bridgehead atoms. The third-order valence-electron chi connectivity index (χ3n) is 2.18. The van der Waals surface area contributed by atoms with Crippen LogP contribution in [-0.4, -0.2) is 0 Å². The molecule has 0 spiro atoms. The first kappa shape index (κ1) is 7.59.